The van der Waals surface area contributed by atoms with E-state index in [0.29, 0.717) is 6.54 Å². The molecule has 0 atom stereocenters. The summed E-state index contributed by atoms with van der Waals surface area (Å²) in [6.45, 7) is 2.52. The molecular formula is C15H20IN5O. The lowest BCUT2D eigenvalue weighted by molar-refractivity contribution is 0.414. The van der Waals surface area contributed by atoms with Crippen LogP contribution < -0.4 is 15.4 Å². The number of hydrogen-bond acceptors (Lipinski definition) is 5. The van der Waals surface area contributed by atoms with Crippen molar-refractivity contribution in [1.29, 1.82) is 0 Å². The SMILES string of the molecule is COc1ccc(-n2ccc(CNC3=NCCCN3)n2)cc1.I. The van der Waals surface area contributed by atoms with E-state index in [9.17, 15) is 0 Å². The van der Waals surface area contributed by atoms with Gasteiger partial charge in [-0.15, -0.1) is 24.0 Å². The molecule has 3 rings (SSSR count). The molecule has 0 amide bonds. The van der Waals surface area contributed by atoms with Crippen LogP contribution in [0, 0.1) is 0 Å². The summed E-state index contributed by atoms with van der Waals surface area (Å²) >= 11 is 0. The Morgan fingerprint density at radius 2 is 2.09 bits per heavy atom. The molecule has 0 radical (unpaired) electrons. The minimum absolute atomic E-state index is 0. The molecule has 0 bridgehead atoms. The molecule has 6 nitrogen and oxygen atoms in total. The zero-order valence-electron chi connectivity index (χ0n) is 12.5. The third-order valence-corrected chi connectivity index (χ3v) is 3.32. The highest BCUT2D eigenvalue weighted by atomic mass is 127. The molecule has 1 aromatic carbocycles. The summed E-state index contributed by atoms with van der Waals surface area (Å²) < 4.78 is 7.01. The summed E-state index contributed by atoms with van der Waals surface area (Å²) in [6, 6.07) is 9.82. The maximum absolute atomic E-state index is 5.16. The number of nitrogens with zero attached hydrogens (tertiary/aromatic N) is 3. The van der Waals surface area contributed by atoms with Crippen LogP contribution in [-0.4, -0.2) is 35.9 Å². The third kappa shape index (κ3) is 4.12. The number of hydrogen-bond donors (Lipinski definition) is 2. The van der Waals surface area contributed by atoms with E-state index in [-0.39, 0.29) is 24.0 Å². The molecular weight excluding hydrogens is 393 g/mol. The van der Waals surface area contributed by atoms with Gasteiger partial charge in [0.1, 0.15) is 5.75 Å². The van der Waals surface area contributed by atoms with Gasteiger partial charge in [-0.05, 0) is 36.8 Å². The minimum atomic E-state index is 0. The lowest BCUT2D eigenvalue weighted by Crippen LogP contribution is -2.40. The van der Waals surface area contributed by atoms with E-state index in [1.54, 1.807) is 7.11 Å². The van der Waals surface area contributed by atoms with Crippen molar-refractivity contribution in [3.05, 3.63) is 42.2 Å². The van der Waals surface area contributed by atoms with Gasteiger partial charge in [0.05, 0.1) is 25.0 Å². The van der Waals surface area contributed by atoms with Gasteiger partial charge in [0.25, 0.3) is 0 Å². The smallest absolute Gasteiger partial charge is 0.191 e. The fourth-order valence-corrected chi connectivity index (χ4v) is 2.16. The standard InChI is InChI=1S/C15H19N5O.HI/c1-21-14-5-3-13(4-6-14)20-10-7-12(19-20)11-18-15-16-8-2-9-17-15;/h3-7,10H,2,8-9,11H2,1H3,(H2,16,17,18);1H. The van der Waals surface area contributed by atoms with Gasteiger partial charge in [-0.25, -0.2) is 4.68 Å². The van der Waals surface area contributed by atoms with E-state index in [1.165, 1.54) is 0 Å². The van der Waals surface area contributed by atoms with E-state index in [1.807, 2.05) is 41.2 Å². The van der Waals surface area contributed by atoms with Crippen molar-refractivity contribution in [3.8, 4) is 11.4 Å². The Bertz CT molecular complexity index is 623. The summed E-state index contributed by atoms with van der Waals surface area (Å²) in [5.41, 5.74) is 1.98. The Hall–Kier alpha value is -1.77. The van der Waals surface area contributed by atoms with Gasteiger partial charge in [0.2, 0.25) is 0 Å². The molecule has 2 aromatic rings. The first kappa shape index (κ1) is 16.6. The average molecular weight is 413 g/mol. The Morgan fingerprint density at radius 1 is 1.27 bits per heavy atom. The molecule has 1 aromatic heterocycles. The molecule has 0 fully saturated rings. The van der Waals surface area contributed by atoms with E-state index < -0.39 is 0 Å². The third-order valence-electron chi connectivity index (χ3n) is 3.32. The van der Waals surface area contributed by atoms with E-state index in [2.05, 4.69) is 20.7 Å². The van der Waals surface area contributed by atoms with Crippen molar-refractivity contribution in [2.24, 2.45) is 4.99 Å². The second-order valence-corrected chi connectivity index (χ2v) is 4.81. The number of nitrogens with one attached hydrogen (secondary N) is 2. The van der Waals surface area contributed by atoms with Crippen LogP contribution in [0.3, 0.4) is 0 Å². The number of rotatable bonds is 4. The topological polar surface area (TPSA) is 63.5 Å². The minimum Gasteiger partial charge on any atom is -0.497 e. The van der Waals surface area contributed by atoms with E-state index in [0.717, 1.165) is 42.6 Å². The van der Waals surface area contributed by atoms with Crippen molar-refractivity contribution >= 4 is 29.9 Å². The highest BCUT2D eigenvalue weighted by molar-refractivity contribution is 14.0. The Morgan fingerprint density at radius 3 is 2.77 bits per heavy atom. The van der Waals surface area contributed by atoms with Crippen LogP contribution in [-0.2, 0) is 6.54 Å². The number of aromatic nitrogens is 2. The zero-order valence-corrected chi connectivity index (χ0v) is 14.8. The van der Waals surface area contributed by atoms with Gasteiger partial charge in [-0.3, -0.25) is 4.99 Å². The normalized spacial score (nSPS) is 13.6. The van der Waals surface area contributed by atoms with Crippen LogP contribution >= 0.6 is 24.0 Å². The van der Waals surface area contributed by atoms with Gasteiger partial charge < -0.3 is 15.4 Å². The maximum Gasteiger partial charge on any atom is 0.191 e. The Balaban J connectivity index is 0.00000176. The van der Waals surface area contributed by atoms with Crippen LogP contribution in [0.1, 0.15) is 12.1 Å². The van der Waals surface area contributed by atoms with E-state index >= 15 is 0 Å². The van der Waals surface area contributed by atoms with Gasteiger partial charge in [0, 0.05) is 19.3 Å². The molecule has 0 saturated heterocycles. The average Bonchev–Trinajstić information content (AvgIpc) is 3.03. The molecule has 0 spiro atoms. The monoisotopic (exact) mass is 413 g/mol. The van der Waals surface area contributed by atoms with Crippen LogP contribution in [0.5, 0.6) is 5.75 Å². The summed E-state index contributed by atoms with van der Waals surface area (Å²) in [5, 5.41) is 11.0. The number of benzene rings is 1. The Labute approximate surface area is 147 Å². The summed E-state index contributed by atoms with van der Waals surface area (Å²) in [6.07, 6.45) is 3.05. The predicted molar refractivity (Wildman–Crippen MR) is 97.3 cm³/mol. The zero-order chi connectivity index (χ0) is 14.5. The molecule has 2 heterocycles. The van der Waals surface area contributed by atoms with Crippen LogP contribution in [0.2, 0.25) is 0 Å². The summed E-state index contributed by atoms with van der Waals surface area (Å²) in [5.74, 6) is 1.70. The largest absolute Gasteiger partial charge is 0.497 e. The first-order chi connectivity index (χ1) is 10.3. The lowest BCUT2D eigenvalue weighted by Gasteiger charge is -2.15. The molecule has 118 valence electrons. The van der Waals surface area contributed by atoms with Gasteiger partial charge in [-0.2, -0.15) is 5.10 Å². The highest BCUT2D eigenvalue weighted by Gasteiger charge is 2.05. The highest BCUT2D eigenvalue weighted by Crippen LogP contribution is 2.14. The molecule has 22 heavy (non-hydrogen) atoms. The number of aliphatic imine (C=N–C) groups is 1. The molecule has 1 aliphatic rings. The summed E-state index contributed by atoms with van der Waals surface area (Å²) in [7, 11) is 1.66. The number of halogens is 1. The molecule has 7 heteroatoms. The Kier molecular flexibility index (Phi) is 6.05. The number of ether oxygens (including phenoxy) is 1. The van der Waals surface area contributed by atoms with Crippen LogP contribution in [0.4, 0.5) is 0 Å². The first-order valence-electron chi connectivity index (χ1n) is 7.06. The van der Waals surface area contributed by atoms with Crippen molar-refractivity contribution in [2.45, 2.75) is 13.0 Å². The van der Waals surface area contributed by atoms with Crippen molar-refractivity contribution in [1.82, 2.24) is 20.4 Å². The fraction of sp³-hybridized carbons (Fsp3) is 0.333. The van der Waals surface area contributed by atoms with Gasteiger partial charge in [0.15, 0.2) is 5.96 Å². The number of methoxy groups -OCH3 is 1. The van der Waals surface area contributed by atoms with Gasteiger partial charge >= 0.3 is 0 Å². The maximum atomic E-state index is 5.16. The summed E-state index contributed by atoms with van der Waals surface area (Å²) in [4.78, 5) is 4.37. The van der Waals surface area contributed by atoms with E-state index in [4.69, 9.17) is 4.74 Å². The fourth-order valence-electron chi connectivity index (χ4n) is 2.16. The number of guanidine groups is 1. The predicted octanol–water partition coefficient (Wildman–Crippen LogP) is 1.94. The second-order valence-electron chi connectivity index (χ2n) is 4.81. The quantitative estimate of drug-likeness (QED) is 0.753. The van der Waals surface area contributed by atoms with Crippen molar-refractivity contribution < 1.29 is 4.74 Å². The molecule has 2 N–H and O–H groups in total. The molecule has 0 unspecified atom stereocenters. The van der Waals surface area contributed by atoms with Crippen molar-refractivity contribution in [3.63, 3.8) is 0 Å². The second kappa shape index (κ2) is 8.02. The van der Waals surface area contributed by atoms with Crippen molar-refractivity contribution in [2.75, 3.05) is 20.2 Å². The molecule has 0 aliphatic carbocycles. The molecule has 0 saturated carbocycles. The van der Waals surface area contributed by atoms with Gasteiger partial charge in [-0.1, -0.05) is 0 Å². The molecule has 1 aliphatic heterocycles. The lowest BCUT2D eigenvalue weighted by atomic mass is 10.3. The van der Waals surface area contributed by atoms with Crippen LogP contribution in [0.25, 0.3) is 5.69 Å². The van der Waals surface area contributed by atoms with Crippen LogP contribution in [0.15, 0.2) is 41.5 Å². The first-order valence-corrected chi connectivity index (χ1v) is 7.06.